The Morgan fingerprint density at radius 1 is 1.16 bits per heavy atom. The summed E-state index contributed by atoms with van der Waals surface area (Å²) in [5.74, 6) is 0. The van der Waals surface area contributed by atoms with Crippen molar-refractivity contribution in [3.8, 4) is 6.07 Å². The molecule has 98 valence electrons. The van der Waals surface area contributed by atoms with Crippen LogP contribution < -0.4 is 5.32 Å². The van der Waals surface area contributed by atoms with E-state index in [1.54, 1.807) is 0 Å². The van der Waals surface area contributed by atoms with Crippen molar-refractivity contribution in [1.29, 1.82) is 5.26 Å². The molecule has 0 aliphatic carbocycles. The van der Waals surface area contributed by atoms with E-state index in [-0.39, 0.29) is 5.41 Å². The van der Waals surface area contributed by atoms with Gasteiger partial charge in [-0.3, -0.25) is 0 Å². The maximum Gasteiger partial charge on any atom is 0.101 e. The van der Waals surface area contributed by atoms with Gasteiger partial charge in [0.2, 0.25) is 0 Å². The van der Waals surface area contributed by atoms with Crippen LogP contribution in [-0.2, 0) is 12.0 Å². The molecule has 0 unspecified atom stereocenters. The third kappa shape index (κ3) is 3.36. The summed E-state index contributed by atoms with van der Waals surface area (Å²) < 4.78 is 0. The van der Waals surface area contributed by atoms with Crippen LogP contribution in [0.2, 0.25) is 0 Å². The minimum atomic E-state index is 0.202. The molecular formula is C16H18N2S. The zero-order chi connectivity index (χ0) is 13.9. The van der Waals surface area contributed by atoms with E-state index in [1.807, 2.05) is 35.6 Å². The first kappa shape index (κ1) is 13.6. The highest BCUT2D eigenvalue weighted by Crippen LogP contribution is 2.29. The van der Waals surface area contributed by atoms with Gasteiger partial charge in [-0.1, -0.05) is 32.9 Å². The van der Waals surface area contributed by atoms with E-state index in [4.69, 9.17) is 5.26 Å². The van der Waals surface area contributed by atoms with Crippen molar-refractivity contribution in [3.63, 3.8) is 0 Å². The van der Waals surface area contributed by atoms with Gasteiger partial charge in [0.15, 0.2) is 0 Å². The largest absolute Gasteiger partial charge is 0.379 e. The summed E-state index contributed by atoms with van der Waals surface area (Å²) in [6.45, 7) is 7.43. The molecule has 1 N–H and O–H groups in total. The number of para-hydroxylation sites is 1. The van der Waals surface area contributed by atoms with Gasteiger partial charge in [-0.05, 0) is 29.7 Å². The van der Waals surface area contributed by atoms with Crippen LogP contribution >= 0.6 is 11.3 Å². The Labute approximate surface area is 118 Å². The van der Waals surface area contributed by atoms with E-state index in [0.717, 1.165) is 12.2 Å². The summed E-state index contributed by atoms with van der Waals surface area (Å²) in [5.41, 5.74) is 1.79. The number of thiophene rings is 1. The molecule has 1 aromatic carbocycles. The molecule has 0 atom stereocenters. The second kappa shape index (κ2) is 5.46. The number of benzene rings is 1. The lowest BCUT2D eigenvalue weighted by atomic mass is 9.95. The average Bonchev–Trinajstić information content (AvgIpc) is 2.85. The lowest BCUT2D eigenvalue weighted by molar-refractivity contribution is 0.604. The molecule has 0 radical (unpaired) electrons. The Morgan fingerprint density at radius 2 is 1.89 bits per heavy atom. The molecule has 0 aliphatic heterocycles. The second-order valence-electron chi connectivity index (χ2n) is 5.53. The van der Waals surface area contributed by atoms with Crippen molar-refractivity contribution >= 4 is 17.0 Å². The van der Waals surface area contributed by atoms with Crippen LogP contribution in [0.5, 0.6) is 0 Å². The van der Waals surface area contributed by atoms with Crippen molar-refractivity contribution < 1.29 is 0 Å². The Morgan fingerprint density at radius 3 is 2.53 bits per heavy atom. The van der Waals surface area contributed by atoms with Gasteiger partial charge in [-0.25, -0.2) is 0 Å². The van der Waals surface area contributed by atoms with Crippen LogP contribution in [0.1, 0.15) is 36.1 Å². The molecule has 3 heteroatoms. The number of rotatable bonds is 3. The summed E-state index contributed by atoms with van der Waals surface area (Å²) in [4.78, 5) is 2.68. The number of nitrogens with zero attached hydrogens (tertiary/aromatic N) is 1. The van der Waals surface area contributed by atoms with Gasteiger partial charge in [0.1, 0.15) is 6.07 Å². The summed E-state index contributed by atoms with van der Waals surface area (Å²) in [5, 5.41) is 12.4. The molecule has 2 nitrogen and oxygen atoms in total. The van der Waals surface area contributed by atoms with E-state index in [2.05, 4.69) is 44.3 Å². The summed E-state index contributed by atoms with van der Waals surface area (Å²) >= 11 is 1.83. The van der Waals surface area contributed by atoms with E-state index in [9.17, 15) is 0 Å². The first-order chi connectivity index (χ1) is 9.00. The molecule has 2 aromatic rings. The molecule has 0 aliphatic rings. The first-order valence-corrected chi connectivity index (χ1v) is 7.14. The lowest BCUT2D eigenvalue weighted by Crippen LogP contribution is -2.07. The fourth-order valence-electron chi connectivity index (χ4n) is 1.79. The van der Waals surface area contributed by atoms with Crippen molar-refractivity contribution in [1.82, 2.24) is 0 Å². The number of anilines is 1. The Bertz CT molecular complexity index is 600. The molecular weight excluding hydrogens is 252 g/mol. The van der Waals surface area contributed by atoms with Gasteiger partial charge in [-0.2, -0.15) is 5.26 Å². The van der Waals surface area contributed by atoms with Crippen molar-refractivity contribution in [2.75, 3.05) is 5.32 Å². The SMILES string of the molecule is CC(C)(C)c1ccc(CNc2ccccc2C#N)s1. The number of nitrogens with one attached hydrogen (secondary N) is 1. The highest BCUT2D eigenvalue weighted by molar-refractivity contribution is 7.12. The van der Waals surface area contributed by atoms with Gasteiger partial charge in [0.25, 0.3) is 0 Å². The Kier molecular flexibility index (Phi) is 3.92. The minimum absolute atomic E-state index is 0.202. The molecule has 1 heterocycles. The quantitative estimate of drug-likeness (QED) is 0.889. The molecule has 1 aromatic heterocycles. The van der Waals surface area contributed by atoms with Crippen molar-refractivity contribution in [3.05, 3.63) is 51.7 Å². The molecule has 0 amide bonds. The first-order valence-electron chi connectivity index (χ1n) is 6.33. The topological polar surface area (TPSA) is 35.8 Å². The van der Waals surface area contributed by atoms with Gasteiger partial charge in [0.05, 0.1) is 11.3 Å². The fourth-order valence-corrected chi connectivity index (χ4v) is 2.80. The Balaban J connectivity index is 2.07. The van der Waals surface area contributed by atoms with E-state index in [1.165, 1.54) is 9.75 Å². The molecule has 19 heavy (non-hydrogen) atoms. The van der Waals surface area contributed by atoms with Crippen LogP contribution in [0.4, 0.5) is 5.69 Å². The molecule has 0 bridgehead atoms. The Hall–Kier alpha value is -1.79. The smallest absolute Gasteiger partial charge is 0.101 e. The van der Waals surface area contributed by atoms with Gasteiger partial charge in [0, 0.05) is 16.3 Å². The third-order valence-corrected chi connectivity index (χ3v) is 4.41. The van der Waals surface area contributed by atoms with Crippen LogP contribution in [0, 0.1) is 11.3 Å². The van der Waals surface area contributed by atoms with E-state index in [0.29, 0.717) is 5.56 Å². The van der Waals surface area contributed by atoms with Crippen LogP contribution in [-0.4, -0.2) is 0 Å². The van der Waals surface area contributed by atoms with E-state index < -0.39 is 0 Å². The maximum absolute atomic E-state index is 9.04. The van der Waals surface area contributed by atoms with Crippen molar-refractivity contribution in [2.45, 2.75) is 32.7 Å². The summed E-state index contributed by atoms with van der Waals surface area (Å²) in [6, 6.07) is 14.2. The van der Waals surface area contributed by atoms with Gasteiger partial charge >= 0.3 is 0 Å². The van der Waals surface area contributed by atoms with Crippen molar-refractivity contribution in [2.24, 2.45) is 0 Å². The number of hydrogen-bond donors (Lipinski definition) is 1. The number of hydrogen-bond acceptors (Lipinski definition) is 3. The zero-order valence-electron chi connectivity index (χ0n) is 11.5. The van der Waals surface area contributed by atoms with Crippen LogP contribution in [0.3, 0.4) is 0 Å². The lowest BCUT2D eigenvalue weighted by Gasteiger charge is -2.15. The van der Waals surface area contributed by atoms with Crippen LogP contribution in [0.25, 0.3) is 0 Å². The number of nitriles is 1. The average molecular weight is 270 g/mol. The monoisotopic (exact) mass is 270 g/mol. The standard InChI is InChI=1S/C16H18N2S/c1-16(2,3)15-9-8-13(19-15)11-18-14-7-5-4-6-12(14)10-17/h4-9,18H,11H2,1-3H3. The summed E-state index contributed by atoms with van der Waals surface area (Å²) in [7, 11) is 0. The molecule has 0 spiro atoms. The normalized spacial score (nSPS) is 11.1. The highest BCUT2D eigenvalue weighted by Gasteiger charge is 2.15. The predicted octanol–water partition coefficient (Wildman–Crippen LogP) is 4.53. The van der Waals surface area contributed by atoms with Gasteiger partial charge < -0.3 is 5.32 Å². The minimum Gasteiger partial charge on any atom is -0.379 e. The predicted molar refractivity (Wildman–Crippen MR) is 81.5 cm³/mol. The second-order valence-corrected chi connectivity index (χ2v) is 6.70. The molecule has 0 saturated carbocycles. The highest BCUT2D eigenvalue weighted by atomic mass is 32.1. The van der Waals surface area contributed by atoms with Crippen LogP contribution in [0.15, 0.2) is 36.4 Å². The zero-order valence-corrected chi connectivity index (χ0v) is 12.3. The molecule has 0 saturated heterocycles. The molecule has 2 rings (SSSR count). The van der Waals surface area contributed by atoms with E-state index >= 15 is 0 Å². The fraction of sp³-hybridized carbons (Fsp3) is 0.312. The maximum atomic E-state index is 9.04. The third-order valence-electron chi connectivity index (χ3n) is 2.90. The molecule has 0 fully saturated rings. The van der Waals surface area contributed by atoms with Gasteiger partial charge in [-0.15, -0.1) is 11.3 Å². The summed E-state index contributed by atoms with van der Waals surface area (Å²) in [6.07, 6.45) is 0.